The van der Waals surface area contributed by atoms with Crippen molar-refractivity contribution >= 4 is 72.1 Å². The minimum absolute atomic E-state index is 0.0427. The number of carbonyl (C=O) groups is 3. The van der Waals surface area contributed by atoms with Crippen LogP contribution in [0.15, 0.2) is 96.1 Å². The minimum Gasteiger partial charge on any atom is -0.373 e. The molecule has 2 aliphatic carbocycles. The Kier molecular flexibility index (Phi) is 16.1. The van der Waals surface area contributed by atoms with Gasteiger partial charge in [0.15, 0.2) is 0 Å². The largest absolute Gasteiger partial charge is 0.373 e. The van der Waals surface area contributed by atoms with Crippen molar-refractivity contribution in [3.63, 3.8) is 0 Å². The summed E-state index contributed by atoms with van der Waals surface area (Å²) in [6.45, 7) is 0.767. The molecule has 0 radical (unpaired) electrons. The maximum atomic E-state index is 14.5. The lowest BCUT2D eigenvalue weighted by molar-refractivity contribution is -0.133. The Morgan fingerprint density at radius 3 is 1.80 bits per heavy atom. The van der Waals surface area contributed by atoms with Crippen LogP contribution >= 0.6 is 0 Å². The third-order valence-electron chi connectivity index (χ3n) is 18.7. The Bertz CT molecular complexity index is 3930. The monoisotopic (exact) mass is 1200 g/mol. The molecule has 21 heteroatoms. The van der Waals surface area contributed by atoms with Crippen LogP contribution in [-0.4, -0.2) is 133 Å². The number of alkyl halides is 3. The number of carbonyl (C=O) groups excluding carboxylic acids is 3. The van der Waals surface area contributed by atoms with Crippen molar-refractivity contribution in [3.05, 3.63) is 129 Å². The molecule has 0 spiro atoms. The lowest BCUT2D eigenvalue weighted by Crippen LogP contribution is -2.43. The zero-order chi connectivity index (χ0) is 59.7. The molecule has 0 bridgehead atoms. The summed E-state index contributed by atoms with van der Waals surface area (Å²) in [7, 11) is -4.35. The predicted molar refractivity (Wildman–Crippen MR) is 322 cm³/mol. The van der Waals surface area contributed by atoms with Gasteiger partial charge in [-0.05, 0) is 121 Å². The summed E-state index contributed by atoms with van der Waals surface area (Å²) in [5.74, 6) is -4.28. The molecule has 4 fully saturated rings. The van der Waals surface area contributed by atoms with Crippen molar-refractivity contribution < 1.29 is 49.5 Å². The first kappa shape index (κ1) is 58.7. The van der Waals surface area contributed by atoms with Crippen LogP contribution in [0.25, 0.3) is 56.5 Å². The first-order valence-electron chi connectivity index (χ1n) is 29.8. The Labute approximate surface area is 494 Å². The molecule has 85 heavy (non-hydrogen) atoms. The number of hydrogen-bond donors (Lipinski definition) is 3. The van der Waals surface area contributed by atoms with E-state index >= 15 is 0 Å². The number of aliphatic hydroxyl groups is 1. The SMILES string of the molecule is CN(C)S(=O)(=O)NC(O)c1ccc2c(C3CCCC(CN(C)S(=O)(=O)NC(=O)c4ccc5c(C6CCCCC6)c6n(c5c4)CC(C(=O)N4CCC(F)CC4)=Cc4ccccc4-6)C3)c3n(c2c1)CC(C(=O)N1CCC(F)(F)CC1)=Cc1ccccc1-3. The number of aliphatic hydroxyl groups excluding tert-OH is 1. The fourth-order valence-electron chi connectivity index (χ4n) is 14.2. The van der Waals surface area contributed by atoms with E-state index in [1.807, 2.05) is 71.3 Å². The molecule has 2 saturated carbocycles. The molecule has 450 valence electrons. The predicted octanol–water partition coefficient (Wildman–Crippen LogP) is 10.3. The van der Waals surface area contributed by atoms with Gasteiger partial charge in [0.25, 0.3) is 33.9 Å². The molecule has 6 aromatic rings. The Hall–Kier alpha value is -6.62. The Balaban J connectivity index is 0.837. The number of aromatic nitrogens is 2. The zero-order valence-electron chi connectivity index (χ0n) is 48.2. The van der Waals surface area contributed by atoms with Crippen LogP contribution in [0.5, 0.6) is 0 Å². The highest BCUT2D eigenvalue weighted by Crippen LogP contribution is 2.50. The molecular formula is C64H73F3N8O8S2. The molecule has 3 N–H and O–H groups in total. The summed E-state index contributed by atoms with van der Waals surface area (Å²) >= 11 is 0. The van der Waals surface area contributed by atoms with Gasteiger partial charge in [0.1, 0.15) is 12.4 Å². The third-order valence-corrected chi connectivity index (χ3v) is 21.6. The number of halogens is 3. The molecule has 6 aliphatic rings. The highest BCUT2D eigenvalue weighted by atomic mass is 32.2. The van der Waals surface area contributed by atoms with E-state index in [1.165, 1.54) is 30.3 Å². The lowest BCUT2D eigenvalue weighted by Gasteiger charge is -2.32. The minimum atomic E-state index is -4.42. The zero-order valence-corrected chi connectivity index (χ0v) is 49.8. The van der Waals surface area contributed by atoms with Crippen molar-refractivity contribution in [2.24, 2.45) is 5.92 Å². The van der Waals surface area contributed by atoms with Gasteiger partial charge < -0.3 is 24.0 Å². The molecule has 2 saturated heterocycles. The second-order valence-corrected chi connectivity index (χ2v) is 28.1. The van der Waals surface area contributed by atoms with Crippen molar-refractivity contribution in [3.8, 4) is 22.5 Å². The van der Waals surface area contributed by atoms with Gasteiger partial charge in [-0.2, -0.15) is 30.2 Å². The van der Waals surface area contributed by atoms with Crippen molar-refractivity contribution in [1.82, 2.24) is 37.0 Å². The summed E-state index contributed by atoms with van der Waals surface area (Å²) < 4.78 is 109. The topological polar surface area (TPSA) is 187 Å². The van der Waals surface area contributed by atoms with E-state index in [2.05, 4.69) is 20.1 Å². The number of rotatable bonds is 13. The number of nitrogens with one attached hydrogen (secondary N) is 2. The summed E-state index contributed by atoms with van der Waals surface area (Å²) in [5, 5.41) is 13.1. The van der Waals surface area contributed by atoms with Crippen molar-refractivity contribution in [2.75, 3.05) is 53.9 Å². The fraction of sp³-hybridized carbons (Fsp3) is 0.453. The number of hydrogen-bond acceptors (Lipinski definition) is 8. The molecule has 3 atom stereocenters. The second-order valence-electron chi connectivity index (χ2n) is 24.4. The number of amides is 3. The molecule has 2 aromatic heterocycles. The fourth-order valence-corrected chi connectivity index (χ4v) is 15.7. The summed E-state index contributed by atoms with van der Waals surface area (Å²) in [4.78, 5) is 46.4. The number of likely N-dealkylation sites (tertiary alicyclic amines) is 2. The first-order chi connectivity index (χ1) is 40.6. The molecule has 4 aliphatic heterocycles. The van der Waals surface area contributed by atoms with Crippen LogP contribution < -0.4 is 9.44 Å². The van der Waals surface area contributed by atoms with Gasteiger partial charge in [-0.3, -0.25) is 14.4 Å². The van der Waals surface area contributed by atoms with E-state index < -0.39 is 57.5 Å². The van der Waals surface area contributed by atoms with Crippen LogP contribution in [0, 0.1) is 5.92 Å². The standard InChI is InChI=1S/C64H73F3N8O8S2/c1-70(2)84(80,81)68-60(76)45-21-23-53-55(35-45)75-39-48(63(79)73-30-26-64(66,67)27-31-73)34-43-16-8-10-19-51(43)59(75)57(53)44-17-11-12-40(32-44)37-71(3)85(82,83)69-61(77)46-20-22-52-54(36-46)74-38-47(62(78)72-28-24-49(65)25-29-72)33-42-15-7-9-18-50(42)58(74)56(52)41-13-5-4-6-14-41/h7-10,15-16,18-23,33-36,40-41,44,49,60,68,76H,4-6,11-14,17,24-32,37-39H2,1-3H3,(H,69,77). The highest BCUT2D eigenvalue weighted by Gasteiger charge is 2.39. The van der Waals surface area contributed by atoms with E-state index in [-0.39, 0.29) is 86.3 Å². The van der Waals surface area contributed by atoms with E-state index in [9.17, 15) is 49.5 Å². The smallest absolute Gasteiger partial charge is 0.303 e. The maximum Gasteiger partial charge on any atom is 0.303 e. The van der Waals surface area contributed by atoms with Gasteiger partial charge in [-0.25, -0.2) is 17.9 Å². The van der Waals surface area contributed by atoms with Crippen molar-refractivity contribution in [1.29, 1.82) is 0 Å². The molecule has 3 unspecified atom stereocenters. The Morgan fingerprint density at radius 2 is 1.20 bits per heavy atom. The molecule has 6 heterocycles. The quantitative estimate of drug-likeness (QED) is 0.0954. The number of fused-ring (bicyclic) bond motifs is 10. The van der Waals surface area contributed by atoms with Gasteiger partial charge in [-0.1, -0.05) is 92.4 Å². The lowest BCUT2D eigenvalue weighted by atomic mass is 9.76. The molecule has 4 aromatic carbocycles. The van der Waals surface area contributed by atoms with Gasteiger partial charge >= 0.3 is 10.2 Å². The van der Waals surface area contributed by atoms with Crippen molar-refractivity contribution in [2.45, 2.75) is 127 Å². The molecule has 3 amide bonds. The molecular weight excluding hydrogens is 1130 g/mol. The van der Waals surface area contributed by atoms with Crippen LogP contribution in [0.2, 0.25) is 0 Å². The number of benzene rings is 4. The van der Waals surface area contributed by atoms with E-state index in [0.717, 1.165) is 105 Å². The summed E-state index contributed by atoms with van der Waals surface area (Å²) in [5.41, 5.74) is 9.96. The van der Waals surface area contributed by atoms with Crippen LogP contribution in [0.4, 0.5) is 13.2 Å². The normalized spacial score (nSPS) is 20.9. The van der Waals surface area contributed by atoms with E-state index in [1.54, 1.807) is 29.2 Å². The average Bonchev–Trinajstić information content (AvgIpc) is 1.71. The second kappa shape index (κ2) is 23.2. The van der Waals surface area contributed by atoms with Gasteiger partial charge in [0, 0.05) is 116 Å². The third kappa shape index (κ3) is 11.5. The number of piperidine rings is 2. The highest BCUT2D eigenvalue weighted by molar-refractivity contribution is 7.87. The first-order valence-corrected chi connectivity index (χ1v) is 32.7. The van der Waals surface area contributed by atoms with Crippen LogP contribution in [0.3, 0.4) is 0 Å². The van der Waals surface area contributed by atoms with Gasteiger partial charge in [-0.15, -0.1) is 0 Å². The van der Waals surface area contributed by atoms with Gasteiger partial charge in [0.05, 0.1) is 24.5 Å². The van der Waals surface area contributed by atoms with Crippen LogP contribution in [-0.2, 0) is 43.1 Å². The average molecular weight is 1200 g/mol. The van der Waals surface area contributed by atoms with E-state index in [0.29, 0.717) is 48.1 Å². The Morgan fingerprint density at radius 1 is 0.659 bits per heavy atom. The maximum absolute atomic E-state index is 14.5. The van der Waals surface area contributed by atoms with Gasteiger partial charge in [0.2, 0.25) is 0 Å². The number of nitrogens with zero attached hydrogens (tertiary/aromatic N) is 6. The summed E-state index contributed by atoms with van der Waals surface area (Å²) in [6, 6.07) is 26.2. The van der Waals surface area contributed by atoms with E-state index in [4.69, 9.17) is 0 Å². The molecule has 16 nitrogen and oxygen atoms in total. The molecule has 12 rings (SSSR count). The summed E-state index contributed by atoms with van der Waals surface area (Å²) in [6.07, 6.45) is 8.84. The van der Waals surface area contributed by atoms with Crippen LogP contribution in [0.1, 0.15) is 140 Å².